The Kier molecular flexibility index (Phi) is 4.27. The number of hydrogen-bond acceptors (Lipinski definition) is 4. The second-order valence-electron chi connectivity index (χ2n) is 5.30. The van der Waals surface area contributed by atoms with Crippen molar-refractivity contribution in [1.82, 2.24) is 5.32 Å². The van der Waals surface area contributed by atoms with Crippen LogP contribution in [-0.4, -0.2) is 36.0 Å². The molecule has 0 bridgehead atoms. The highest BCUT2D eigenvalue weighted by Gasteiger charge is 2.46. The van der Waals surface area contributed by atoms with Gasteiger partial charge in [-0.05, 0) is 26.2 Å². The van der Waals surface area contributed by atoms with Gasteiger partial charge in [0.2, 0.25) is 5.91 Å². The predicted octanol–water partition coefficient (Wildman–Crippen LogP) is 0.223. The molecule has 1 amide bonds. The van der Waals surface area contributed by atoms with Crippen LogP contribution in [0.2, 0.25) is 0 Å². The van der Waals surface area contributed by atoms with E-state index in [2.05, 4.69) is 5.32 Å². The normalized spacial score (nSPS) is 30.7. The average molecular weight is 242 g/mol. The first-order valence-corrected chi connectivity index (χ1v) is 6.00. The molecule has 0 aliphatic carbocycles. The molecule has 1 rings (SSSR count). The third-order valence-corrected chi connectivity index (χ3v) is 3.30. The molecule has 3 unspecified atom stereocenters. The van der Waals surface area contributed by atoms with E-state index in [1.165, 1.54) is 0 Å². The molecule has 5 nitrogen and oxygen atoms in total. The summed E-state index contributed by atoms with van der Waals surface area (Å²) < 4.78 is 5.24. The van der Waals surface area contributed by atoms with Gasteiger partial charge in [0.05, 0.1) is 12.1 Å². The third kappa shape index (κ3) is 3.04. The minimum atomic E-state index is -0.939. The van der Waals surface area contributed by atoms with Gasteiger partial charge < -0.3 is 15.8 Å². The van der Waals surface area contributed by atoms with Gasteiger partial charge in [0.25, 0.3) is 0 Å². The molecule has 0 aromatic heterocycles. The predicted molar refractivity (Wildman–Crippen MR) is 64.4 cm³/mol. The van der Waals surface area contributed by atoms with Gasteiger partial charge in [-0.25, -0.2) is 0 Å². The van der Waals surface area contributed by atoms with E-state index < -0.39 is 11.6 Å². The van der Waals surface area contributed by atoms with Crippen LogP contribution < -0.4 is 11.1 Å². The smallest absolute Gasteiger partial charge is 0.237 e. The zero-order valence-electron chi connectivity index (χ0n) is 10.9. The minimum absolute atomic E-state index is 0.0529. The molecule has 1 saturated heterocycles. The number of Topliss-reactive ketones (excluding diaryl/α,β-unsaturated/α-hetero) is 1. The molecular formula is C12H22N2O3. The van der Waals surface area contributed by atoms with Gasteiger partial charge in [-0.3, -0.25) is 9.59 Å². The number of amides is 1. The van der Waals surface area contributed by atoms with Gasteiger partial charge in [0.15, 0.2) is 5.78 Å². The molecule has 5 heteroatoms. The Morgan fingerprint density at radius 2 is 2.24 bits per heavy atom. The van der Waals surface area contributed by atoms with Gasteiger partial charge in [-0.1, -0.05) is 13.8 Å². The van der Waals surface area contributed by atoms with Crippen molar-refractivity contribution in [2.45, 2.75) is 51.8 Å². The second-order valence-corrected chi connectivity index (χ2v) is 5.30. The summed E-state index contributed by atoms with van der Waals surface area (Å²) in [5, 5.41) is 2.72. The molecule has 0 aromatic carbocycles. The molecule has 1 heterocycles. The number of ether oxygens (including phenoxy) is 1. The second kappa shape index (κ2) is 5.14. The van der Waals surface area contributed by atoms with Crippen molar-refractivity contribution in [3.63, 3.8) is 0 Å². The largest absolute Gasteiger partial charge is 0.368 e. The minimum Gasteiger partial charge on any atom is -0.368 e. The van der Waals surface area contributed by atoms with E-state index in [0.29, 0.717) is 12.3 Å². The fourth-order valence-corrected chi connectivity index (χ4v) is 1.88. The average Bonchev–Trinajstić information content (AvgIpc) is 2.45. The number of ketones is 1. The Morgan fingerprint density at radius 3 is 2.65 bits per heavy atom. The SMILES string of the molecule is CC(C)CC(N)C(=O)NC1(C)C(=O)COC1C. The maximum absolute atomic E-state index is 11.9. The molecule has 0 radical (unpaired) electrons. The fourth-order valence-electron chi connectivity index (χ4n) is 1.88. The summed E-state index contributed by atoms with van der Waals surface area (Å²) in [6, 6.07) is -0.576. The Hall–Kier alpha value is -0.940. The molecule has 3 atom stereocenters. The lowest BCUT2D eigenvalue weighted by molar-refractivity contribution is -0.130. The van der Waals surface area contributed by atoms with Gasteiger partial charge in [-0.2, -0.15) is 0 Å². The third-order valence-electron chi connectivity index (χ3n) is 3.30. The zero-order chi connectivity index (χ0) is 13.2. The number of nitrogens with two attached hydrogens (primary N) is 1. The number of carbonyl (C=O) groups excluding carboxylic acids is 2. The van der Waals surface area contributed by atoms with Crippen molar-refractivity contribution >= 4 is 11.7 Å². The van der Waals surface area contributed by atoms with Crippen LogP contribution in [0, 0.1) is 5.92 Å². The van der Waals surface area contributed by atoms with Gasteiger partial charge in [-0.15, -0.1) is 0 Å². The molecule has 1 fully saturated rings. The molecular weight excluding hydrogens is 220 g/mol. The van der Waals surface area contributed by atoms with Crippen LogP contribution in [0.1, 0.15) is 34.1 Å². The summed E-state index contributed by atoms with van der Waals surface area (Å²) in [4.78, 5) is 23.6. The molecule has 3 N–H and O–H groups in total. The summed E-state index contributed by atoms with van der Waals surface area (Å²) in [7, 11) is 0. The van der Waals surface area contributed by atoms with Crippen LogP contribution >= 0.6 is 0 Å². The number of hydrogen-bond donors (Lipinski definition) is 2. The number of carbonyl (C=O) groups is 2. The highest BCUT2D eigenvalue weighted by atomic mass is 16.5. The molecule has 98 valence electrons. The lowest BCUT2D eigenvalue weighted by Gasteiger charge is -2.28. The summed E-state index contributed by atoms with van der Waals surface area (Å²) in [6.07, 6.45) is 0.288. The highest BCUT2D eigenvalue weighted by Crippen LogP contribution is 2.22. The Bertz CT molecular complexity index is 317. The van der Waals surface area contributed by atoms with Crippen molar-refractivity contribution in [3.8, 4) is 0 Å². The van der Waals surface area contributed by atoms with Crippen LogP contribution in [0.25, 0.3) is 0 Å². The molecule has 1 aliphatic heterocycles. The van der Waals surface area contributed by atoms with Gasteiger partial charge in [0.1, 0.15) is 12.1 Å². The van der Waals surface area contributed by atoms with E-state index >= 15 is 0 Å². The molecule has 0 aromatic rings. The lowest BCUT2D eigenvalue weighted by Crippen LogP contribution is -2.59. The van der Waals surface area contributed by atoms with Crippen LogP contribution in [-0.2, 0) is 14.3 Å². The summed E-state index contributed by atoms with van der Waals surface area (Å²) >= 11 is 0. The van der Waals surface area contributed by atoms with E-state index in [-0.39, 0.29) is 24.4 Å². The highest BCUT2D eigenvalue weighted by molar-refractivity contribution is 5.96. The molecule has 1 aliphatic rings. The van der Waals surface area contributed by atoms with Crippen LogP contribution in [0.15, 0.2) is 0 Å². The first-order valence-electron chi connectivity index (χ1n) is 6.00. The fraction of sp³-hybridized carbons (Fsp3) is 0.833. The van der Waals surface area contributed by atoms with Crippen LogP contribution in [0.5, 0.6) is 0 Å². The molecule has 17 heavy (non-hydrogen) atoms. The Labute approximate surface area is 102 Å². The first kappa shape index (κ1) is 14.1. The summed E-state index contributed by atoms with van der Waals surface area (Å²) in [5.41, 5.74) is 4.84. The summed E-state index contributed by atoms with van der Waals surface area (Å²) in [5.74, 6) is -0.0430. The maximum Gasteiger partial charge on any atom is 0.237 e. The first-order chi connectivity index (χ1) is 7.77. The zero-order valence-corrected chi connectivity index (χ0v) is 10.9. The van der Waals surface area contributed by atoms with E-state index in [4.69, 9.17) is 10.5 Å². The number of rotatable bonds is 4. The maximum atomic E-state index is 11.9. The quantitative estimate of drug-likeness (QED) is 0.739. The van der Waals surface area contributed by atoms with E-state index in [1.807, 2.05) is 13.8 Å². The van der Waals surface area contributed by atoms with E-state index in [9.17, 15) is 9.59 Å². The molecule has 0 spiro atoms. The van der Waals surface area contributed by atoms with Crippen LogP contribution in [0.4, 0.5) is 0 Å². The molecule has 0 saturated carbocycles. The lowest BCUT2D eigenvalue weighted by atomic mass is 9.92. The van der Waals surface area contributed by atoms with Crippen molar-refractivity contribution in [2.24, 2.45) is 11.7 Å². The van der Waals surface area contributed by atoms with Crippen LogP contribution in [0.3, 0.4) is 0 Å². The van der Waals surface area contributed by atoms with E-state index in [1.54, 1.807) is 13.8 Å². The summed E-state index contributed by atoms with van der Waals surface area (Å²) in [6.45, 7) is 7.52. The van der Waals surface area contributed by atoms with Crippen molar-refractivity contribution in [3.05, 3.63) is 0 Å². The topological polar surface area (TPSA) is 81.4 Å². The monoisotopic (exact) mass is 242 g/mol. The van der Waals surface area contributed by atoms with Gasteiger partial charge >= 0.3 is 0 Å². The Morgan fingerprint density at radius 1 is 1.65 bits per heavy atom. The van der Waals surface area contributed by atoms with E-state index in [0.717, 1.165) is 0 Å². The Balaban J connectivity index is 2.64. The number of nitrogens with one attached hydrogen (secondary N) is 1. The van der Waals surface area contributed by atoms with Crippen molar-refractivity contribution in [1.29, 1.82) is 0 Å². The van der Waals surface area contributed by atoms with Crippen molar-refractivity contribution < 1.29 is 14.3 Å². The van der Waals surface area contributed by atoms with Crippen molar-refractivity contribution in [2.75, 3.05) is 6.61 Å². The van der Waals surface area contributed by atoms with Gasteiger partial charge in [0, 0.05) is 0 Å². The standard InChI is InChI=1S/C12H22N2O3/c1-7(2)5-9(13)11(16)14-12(4)8(3)17-6-10(12)15/h7-9H,5-6,13H2,1-4H3,(H,14,16).